The van der Waals surface area contributed by atoms with Gasteiger partial charge in [-0.2, -0.15) is 18.4 Å². The second-order valence-electron chi connectivity index (χ2n) is 7.57. The van der Waals surface area contributed by atoms with Crippen molar-refractivity contribution in [3.63, 3.8) is 0 Å². The zero-order valence-corrected chi connectivity index (χ0v) is 18.5. The van der Waals surface area contributed by atoms with Crippen LogP contribution in [0.2, 0.25) is 0 Å². The van der Waals surface area contributed by atoms with E-state index < -0.39 is 34.0 Å². The van der Waals surface area contributed by atoms with Gasteiger partial charge in [-0.25, -0.2) is 12.4 Å². The number of benzene rings is 2. The summed E-state index contributed by atoms with van der Waals surface area (Å²) in [6.07, 6.45) is -4.10. The minimum atomic E-state index is -4.58. The van der Waals surface area contributed by atoms with Crippen LogP contribution in [0, 0.1) is 18.3 Å². The number of aromatic nitrogens is 2. The molecule has 2 aromatic heterocycles. The van der Waals surface area contributed by atoms with Crippen LogP contribution < -0.4 is 0 Å². The van der Waals surface area contributed by atoms with E-state index in [4.69, 9.17) is 5.26 Å². The lowest BCUT2D eigenvalue weighted by molar-refractivity contribution is -0.137. The van der Waals surface area contributed by atoms with Gasteiger partial charge in [0.15, 0.2) is 5.78 Å². The standard InChI is InChI=1S/C24H16F3N3O3S/c1-15-2-6-19(7-3-15)34(32,33)30-21-12-16(20-14-18(9-11-29-20)24(25,26)27)4-5-17(21)13-22(30)23(31)8-10-28/h2-7,9,11-14H,8H2,1H3. The number of hydrogen-bond donors (Lipinski definition) is 0. The average Bonchev–Trinajstić information content (AvgIpc) is 3.19. The molecule has 0 aliphatic carbocycles. The summed E-state index contributed by atoms with van der Waals surface area (Å²) in [6.45, 7) is 1.79. The summed E-state index contributed by atoms with van der Waals surface area (Å²) in [6, 6.07) is 15.1. The number of carbonyl (C=O) groups excluding carboxylic acids is 1. The topological polar surface area (TPSA) is 92.8 Å². The molecule has 0 bridgehead atoms. The number of halogens is 3. The second kappa shape index (κ2) is 8.43. The van der Waals surface area contributed by atoms with Crippen molar-refractivity contribution >= 4 is 26.7 Å². The Hall–Kier alpha value is -3.97. The van der Waals surface area contributed by atoms with Crippen LogP contribution in [0.4, 0.5) is 13.2 Å². The molecule has 10 heteroatoms. The highest BCUT2D eigenvalue weighted by Gasteiger charge is 2.31. The Bertz CT molecular complexity index is 1570. The largest absolute Gasteiger partial charge is 0.416 e. The third kappa shape index (κ3) is 4.18. The van der Waals surface area contributed by atoms with Crippen LogP contribution in [-0.2, 0) is 16.2 Å². The van der Waals surface area contributed by atoms with E-state index in [-0.39, 0.29) is 27.4 Å². The Labute approximate surface area is 193 Å². The number of carbonyl (C=O) groups is 1. The molecule has 0 aliphatic heterocycles. The van der Waals surface area contributed by atoms with E-state index >= 15 is 0 Å². The second-order valence-corrected chi connectivity index (χ2v) is 9.36. The number of Topliss-reactive ketones (excluding diaryl/α,β-unsaturated/α-hetero) is 1. The Balaban J connectivity index is 1.98. The van der Waals surface area contributed by atoms with Gasteiger partial charge in [-0.05, 0) is 43.3 Å². The molecule has 0 saturated carbocycles. The molecule has 0 amide bonds. The smallest absolute Gasteiger partial charge is 0.291 e. The maximum Gasteiger partial charge on any atom is 0.416 e. The predicted octanol–water partition coefficient (Wildman–Crippen LogP) is 5.36. The van der Waals surface area contributed by atoms with Crippen molar-refractivity contribution in [1.29, 1.82) is 5.26 Å². The third-order valence-corrected chi connectivity index (χ3v) is 6.97. The fourth-order valence-corrected chi connectivity index (χ4v) is 5.05. The van der Waals surface area contributed by atoms with Crippen molar-refractivity contribution in [2.75, 3.05) is 0 Å². The lowest BCUT2D eigenvalue weighted by Crippen LogP contribution is -2.18. The molecule has 4 rings (SSSR count). The summed E-state index contributed by atoms with van der Waals surface area (Å²) in [5, 5.41) is 9.34. The molecule has 0 N–H and O–H groups in total. The van der Waals surface area contributed by atoms with Crippen molar-refractivity contribution in [3.05, 3.63) is 83.7 Å². The first-order valence-corrected chi connectivity index (χ1v) is 11.4. The molecule has 34 heavy (non-hydrogen) atoms. The molecule has 172 valence electrons. The van der Waals surface area contributed by atoms with Crippen LogP contribution in [-0.4, -0.2) is 23.2 Å². The van der Waals surface area contributed by atoms with Gasteiger partial charge in [0.2, 0.25) is 0 Å². The van der Waals surface area contributed by atoms with Gasteiger partial charge in [-0.15, -0.1) is 0 Å². The highest BCUT2D eigenvalue weighted by Crippen LogP contribution is 2.33. The molecule has 6 nitrogen and oxygen atoms in total. The van der Waals surface area contributed by atoms with Gasteiger partial charge in [0.25, 0.3) is 10.0 Å². The van der Waals surface area contributed by atoms with Gasteiger partial charge in [0, 0.05) is 17.1 Å². The van der Waals surface area contributed by atoms with Gasteiger partial charge < -0.3 is 0 Å². The molecule has 0 spiro atoms. The first-order chi connectivity index (χ1) is 16.0. The number of fused-ring (bicyclic) bond motifs is 1. The molecule has 2 aromatic carbocycles. The van der Waals surface area contributed by atoms with Crippen LogP contribution >= 0.6 is 0 Å². The fourth-order valence-electron chi connectivity index (χ4n) is 3.53. The zero-order valence-electron chi connectivity index (χ0n) is 17.7. The number of hydrogen-bond acceptors (Lipinski definition) is 5. The van der Waals surface area contributed by atoms with Crippen LogP contribution in [0.1, 0.15) is 28.0 Å². The molecule has 4 aromatic rings. The summed E-state index contributed by atoms with van der Waals surface area (Å²) < 4.78 is 67.4. The van der Waals surface area contributed by atoms with Gasteiger partial charge in [0.05, 0.1) is 27.7 Å². The van der Waals surface area contributed by atoms with Gasteiger partial charge in [0.1, 0.15) is 12.1 Å². The third-order valence-electron chi connectivity index (χ3n) is 5.23. The number of nitriles is 1. The van der Waals surface area contributed by atoms with Crippen molar-refractivity contribution in [2.24, 2.45) is 0 Å². The van der Waals surface area contributed by atoms with Crippen molar-refractivity contribution in [1.82, 2.24) is 8.96 Å². The number of nitrogens with zero attached hydrogens (tertiary/aromatic N) is 3. The normalized spacial score (nSPS) is 12.0. The Morgan fingerprint density at radius 1 is 1.06 bits per heavy atom. The Morgan fingerprint density at radius 2 is 1.76 bits per heavy atom. The highest BCUT2D eigenvalue weighted by atomic mass is 32.2. The summed E-state index contributed by atoms with van der Waals surface area (Å²) >= 11 is 0. The lowest BCUT2D eigenvalue weighted by atomic mass is 10.1. The monoisotopic (exact) mass is 483 g/mol. The molecular formula is C24H16F3N3O3S. The van der Waals surface area contributed by atoms with Crippen molar-refractivity contribution < 1.29 is 26.4 Å². The molecule has 0 unspecified atom stereocenters. The van der Waals surface area contributed by atoms with Crippen LogP contribution in [0.5, 0.6) is 0 Å². The SMILES string of the molecule is Cc1ccc(S(=O)(=O)n2c(C(=O)CC#N)cc3ccc(-c4cc(C(F)(F)F)ccn4)cc32)cc1. The number of alkyl halides is 3. The quantitative estimate of drug-likeness (QED) is 0.356. The van der Waals surface area contributed by atoms with Gasteiger partial charge in [-0.3, -0.25) is 9.78 Å². The minimum absolute atomic E-state index is 0.0119. The number of ketones is 1. The summed E-state index contributed by atoms with van der Waals surface area (Å²) in [4.78, 5) is 16.5. The zero-order chi connectivity index (χ0) is 24.7. The first kappa shape index (κ1) is 23.2. The Kier molecular flexibility index (Phi) is 5.75. The van der Waals surface area contributed by atoms with Crippen LogP contribution in [0.15, 0.2) is 71.8 Å². The fraction of sp³-hybridized carbons (Fsp3) is 0.125. The molecular weight excluding hydrogens is 467 g/mol. The van der Waals surface area contributed by atoms with Gasteiger partial charge >= 0.3 is 6.18 Å². The van der Waals surface area contributed by atoms with Crippen LogP contribution in [0.3, 0.4) is 0 Å². The molecule has 0 aliphatic rings. The van der Waals surface area contributed by atoms with E-state index in [0.717, 1.165) is 27.9 Å². The maximum absolute atomic E-state index is 13.5. The molecule has 0 saturated heterocycles. The molecule has 2 heterocycles. The van der Waals surface area contributed by atoms with E-state index in [0.29, 0.717) is 5.39 Å². The molecule has 0 atom stereocenters. The van der Waals surface area contributed by atoms with E-state index in [1.54, 1.807) is 25.1 Å². The first-order valence-electron chi connectivity index (χ1n) is 9.94. The molecule has 0 radical (unpaired) electrons. The number of pyridine rings is 1. The summed E-state index contributed by atoms with van der Waals surface area (Å²) in [7, 11) is -4.28. The summed E-state index contributed by atoms with van der Waals surface area (Å²) in [5.41, 5.74) is 0.0171. The minimum Gasteiger partial charge on any atom is -0.291 e. The van der Waals surface area contributed by atoms with E-state index in [2.05, 4.69) is 4.98 Å². The van der Waals surface area contributed by atoms with Gasteiger partial charge in [-0.1, -0.05) is 29.8 Å². The van der Waals surface area contributed by atoms with E-state index in [1.807, 2.05) is 0 Å². The lowest BCUT2D eigenvalue weighted by Gasteiger charge is -2.12. The summed E-state index contributed by atoms with van der Waals surface area (Å²) in [5.74, 6) is -0.701. The van der Waals surface area contributed by atoms with E-state index in [1.165, 1.54) is 36.4 Å². The van der Waals surface area contributed by atoms with Crippen molar-refractivity contribution in [3.8, 4) is 17.3 Å². The highest BCUT2D eigenvalue weighted by molar-refractivity contribution is 7.90. The molecule has 0 fully saturated rings. The van der Waals surface area contributed by atoms with Crippen molar-refractivity contribution in [2.45, 2.75) is 24.4 Å². The van der Waals surface area contributed by atoms with Crippen LogP contribution in [0.25, 0.3) is 22.2 Å². The predicted molar refractivity (Wildman–Crippen MR) is 118 cm³/mol. The number of aryl methyl sites for hydroxylation is 1. The number of rotatable bonds is 5. The van der Waals surface area contributed by atoms with E-state index in [9.17, 15) is 26.4 Å². The Morgan fingerprint density at radius 3 is 2.41 bits per heavy atom. The average molecular weight is 483 g/mol. The maximum atomic E-state index is 13.5.